The summed E-state index contributed by atoms with van der Waals surface area (Å²) in [5.41, 5.74) is 3.81. The minimum Gasteiger partial charge on any atom is -0.333 e. The van der Waals surface area contributed by atoms with Gasteiger partial charge in [0.05, 0.1) is 11.0 Å². The van der Waals surface area contributed by atoms with Crippen LogP contribution in [-0.4, -0.2) is 21.5 Å². The van der Waals surface area contributed by atoms with Crippen LogP contribution in [0.3, 0.4) is 0 Å². The number of rotatable bonds is 8. The number of aromatic nitrogens is 2. The molecular weight excluding hydrogens is 296 g/mol. The first-order chi connectivity index (χ1) is 10.1. The SMILES string of the molecule is CCCC(CS)(CCC)CSc1nc2ccc(C)cc2[nH]1. The summed E-state index contributed by atoms with van der Waals surface area (Å²) in [5.74, 6) is 2.05. The van der Waals surface area contributed by atoms with E-state index in [0.717, 1.165) is 27.7 Å². The average Bonchev–Trinajstić information content (AvgIpc) is 2.87. The number of nitrogens with one attached hydrogen (secondary N) is 1. The lowest BCUT2D eigenvalue weighted by Gasteiger charge is -2.31. The first-order valence-corrected chi connectivity index (χ1v) is 9.44. The van der Waals surface area contributed by atoms with Crippen molar-refractivity contribution in [1.29, 1.82) is 0 Å². The van der Waals surface area contributed by atoms with E-state index in [0.29, 0.717) is 5.41 Å². The molecule has 1 aromatic heterocycles. The molecule has 0 saturated heterocycles. The van der Waals surface area contributed by atoms with E-state index in [1.165, 1.54) is 31.2 Å². The van der Waals surface area contributed by atoms with Crippen molar-refractivity contribution >= 4 is 35.4 Å². The number of hydrogen-bond acceptors (Lipinski definition) is 3. The molecule has 1 N–H and O–H groups in total. The molecular formula is C17H26N2S2. The van der Waals surface area contributed by atoms with Gasteiger partial charge in [-0.15, -0.1) is 0 Å². The van der Waals surface area contributed by atoms with Crippen LogP contribution >= 0.6 is 24.4 Å². The molecule has 0 spiro atoms. The van der Waals surface area contributed by atoms with Gasteiger partial charge in [-0.3, -0.25) is 0 Å². The Labute approximate surface area is 137 Å². The lowest BCUT2D eigenvalue weighted by molar-refractivity contribution is 0.318. The van der Waals surface area contributed by atoms with Gasteiger partial charge in [-0.05, 0) is 48.6 Å². The summed E-state index contributed by atoms with van der Waals surface area (Å²) in [7, 11) is 0. The molecule has 116 valence electrons. The third kappa shape index (κ3) is 4.19. The quantitative estimate of drug-likeness (QED) is 0.497. The van der Waals surface area contributed by atoms with Crippen LogP contribution in [-0.2, 0) is 0 Å². The monoisotopic (exact) mass is 322 g/mol. The standard InChI is InChI=1S/C17H26N2S2/c1-4-8-17(11-20,9-5-2)12-21-16-18-14-7-6-13(3)10-15(14)19-16/h6-7,10,20H,4-5,8-9,11-12H2,1-3H3,(H,18,19). The molecule has 0 bridgehead atoms. The highest BCUT2D eigenvalue weighted by atomic mass is 32.2. The van der Waals surface area contributed by atoms with E-state index in [9.17, 15) is 0 Å². The van der Waals surface area contributed by atoms with E-state index < -0.39 is 0 Å². The maximum atomic E-state index is 4.69. The second-order valence-electron chi connectivity index (χ2n) is 6.01. The molecule has 0 aliphatic carbocycles. The van der Waals surface area contributed by atoms with E-state index in [1.54, 1.807) is 0 Å². The van der Waals surface area contributed by atoms with Gasteiger partial charge in [0.15, 0.2) is 5.16 Å². The number of aryl methyl sites for hydroxylation is 1. The van der Waals surface area contributed by atoms with Crippen molar-refractivity contribution in [3.63, 3.8) is 0 Å². The molecule has 2 rings (SSSR count). The Balaban J connectivity index is 2.11. The van der Waals surface area contributed by atoms with Gasteiger partial charge in [-0.25, -0.2) is 4.98 Å². The zero-order chi connectivity index (χ0) is 15.3. The molecule has 0 radical (unpaired) electrons. The van der Waals surface area contributed by atoms with E-state index in [4.69, 9.17) is 4.98 Å². The minimum atomic E-state index is 0.339. The molecule has 1 heterocycles. The zero-order valence-corrected chi connectivity index (χ0v) is 15.0. The van der Waals surface area contributed by atoms with Crippen molar-refractivity contribution < 1.29 is 0 Å². The Hall–Kier alpha value is -0.610. The molecule has 0 aliphatic heterocycles. The Bertz CT molecular complexity index is 571. The highest BCUT2D eigenvalue weighted by Crippen LogP contribution is 2.37. The third-order valence-electron chi connectivity index (χ3n) is 4.03. The highest BCUT2D eigenvalue weighted by Gasteiger charge is 2.27. The molecule has 0 aliphatic rings. The molecule has 4 heteroatoms. The number of benzene rings is 1. The highest BCUT2D eigenvalue weighted by molar-refractivity contribution is 7.99. The van der Waals surface area contributed by atoms with Crippen LogP contribution in [0.15, 0.2) is 23.4 Å². The number of thiol groups is 1. The van der Waals surface area contributed by atoms with Crippen molar-refractivity contribution in [1.82, 2.24) is 9.97 Å². The van der Waals surface area contributed by atoms with Crippen LogP contribution in [0.4, 0.5) is 0 Å². The van der Waals surface area contributed by atoms with Gasteiger partial charge in [-0.1, -0.05) is 44.5 Å². The van der Waals surface area contributed by atoms with Gasteiger partial charge in [0.25, 0.3) is 0 Å². The fraction of sp³-hybridized carbons (Fsp3) is 0.588. The van der Waals surface area contributed by atoms with Crippen LogP contribution in [0.2, 0.25) is 0 Å². The average molecular weight is 323 g/mol. The molecule has 1 aromatic carbocycles. The number of H-pyrrole nitrogens is 1. The molecule has 0 unspecified atom stereocenters. The molecule has 0 atom stereocenters. The zero-order valence-electron chi connectivity index (χ0n) is 13.3. The summed E-state index contributed by atoms with van der Waals surface area (Å²) in [6, 6.07) is 6.37. The van der Waals surface area contributed by atoms with E-state index in [-0.39, 0.29) is 0 Å². The smallest absolute Gasteiger partial charge is 0.166 e. The first-order valence-electron chi connectivity index (χ1n) is 7.82. The fourth-order valence-corrected chi connectivity index (χ4v) is 4.68. The van der Waals surface area contributed by atoms with Crippen LogP contribution in [0.5, 0.6) is 0 Å². The largest absolute Gasteiger partial charge is 0.333 e. The number of hydrogen-bond donors (Lipinski definition) is 2. The number of fused-ring (bicyclic) bond motifs is 1. The van der Waals surface area contributed by atoms with Crippen LogP contribution < -0.4 is 0 Å². The molecule has 0 fully saturated rings. The third-order valence-corrected chi connectivity index (χ3v) is 5.92. The fourth-order valence-electron chi connectivity index (χ4n) is 2.92. The first kappa shape index (κ1) is 16.8. The summed E-state index contributed by atoms with van der Waals surface area (Å²) >= 11 is 6.48. The van der Waals surface area contributed by atoms with E-state index in [1.807, 2.05) is 11.8 Å². The molecule has 21 heavy (non-hydrogen) atoms. The summed E-state index contributed by atoms with van der Waals surface area (Å²) in [5, 5.41) is 1.04. The maximum absolute atomic E-state index is 4.69. The predicted octanol–water partition coefficient (Wildman–Crippen LogP) is 5.48. The van der Waals surface area contributed by atoms with Crippen molar-refractivity contribution in [2.45, 2.75) is 51.6 Å². The minimum absolute atomic E-state index is 0.339. The summed E-state index contributed by atoms with van der Waals surface area (Å²) in [6.07, 6.45) is 4.94. The molecule has 0 amide bonds. The van der Waals surface area contributed by atoms with Crippen molar-refractivity contribution in [2.24, 2.45) is 5.41 Å². The summed E-state index contributed by atoms with van der Waals surface area (Å²) < 4.78 is 0. The normalized spacial score (nSPS) is 12.2. The Morgan fingerprint density at radius 1 is 1.24 bits per heavy atom. The predicted molar refractivity (Wildman–Crippen MR) is 97.7 cm³/mol. The summed E-state index contributed by atoms with van der Waals surface area (Å²) in [6.45, 7) is 6.65. The Kier molecular flexibility index (Phi) is 6.06. The van der Waals surface area contributed by atoms with E-state index in [2.05, 4.69) is 56.6 Å². The molecule has 0 saturated carbocycles. The second-order valence-corrected chi connectivity index (χ2v) is 7.29. The van der Waals surface area contributed by atoms with Gasteiger partial charge < -0.3 is 4.98 Å². The molecule has 2 nitrogen and oxygen atoms in total. The lowest BCUT2D eigenvalue weighted by atomic mass is 9.83. The van der Waals surface area contributed by atoms with E-state index >= 15 is 0 Å². The van der Waals surface area contributed by atoms with Crippen LogP contribution in [0.25, 0.3) is 11.0 Å². The van der Waals surface area contributed by atoms with Crippen molar-refractivity contribution in [2.75, 3.05) is 11.5 Å². The Morgan fingerprint density at radius 2 is 1.95 bits per heavy atom. The van der Waals surface area contributed by atoms with Crippen molar-refractivity contribution in [3.05, 3.63) is 23.8 Å². The van der Waals surface area contributed by atoms with Crippen LogP contribution in [0, 0.1) is 12.3 Å². The Morgan fingerprint density at radius 3 is 2.57 bits per heavy atom. The topological polar surface area (TPSA) is 28.7 Å². The van der Waals surface area contributed by atoms with Crippen LogP contribution in [0.1, 0.15) is 45.1 Å². The van der Waals surface area contributed by atoms with Gasteiger partial charge in [0.2, 0.25) is 0 Å². The van der Waals surface area contributed by atoms with Gasteiger partial charge in [0, 0.05) is 5.75 Å². The van der Waals surface area contributed by atoms with Crippen molar-refractivity contribution in [3.8, 4) is 0 Å². The second kappa shape index (κ2) is 7.59. The lowest BCUT2D eigenvalue weighted by Crippen LogP contribution is -2.26. The number of aromatic amines is 1. The number of imidazole rings is 1. The van der Waals surface area contributed by atoms with Gasteiger partial charge in [0.1, 0.15) is 0 Å². The number of thioether (sulfide) groups is 1. The van der Waals surface area contributed by atoms with Gasteiger partial charge >= 0.3 is 0 Å². The van der Waals surface area contributed by atoms with Gasteiger partial charge in [-0.2, -0.15) is 12.6 Å². The maximum Gasteiger partial charge on any atom is 0.166 e. The summed E-state index contributed by atoms with van der Waals surface area (Å²) in [4.78, 5) is 8.14. The number of nitrogens with zero attached hydrogens (tertiary/aromatic N) is 1. The molecule has 2 aromatic rings.